The Hall–Kier alpha value is -1.44. The van der Waals surface area contributed by atoms with E-state index in [1.54, 1.807) is 27.2 Å². The molecule has 0 bridgehead atoms. The molecule has 3 atom stereocenters. The maximum Gasteiger partial charge on any atom is 0.230 e. The molecule has 1 fully saturated rings. The van der Waals surface area contributed by atoms with Gasteiger partial charge in [-0.1, -0.05) is 25.2 Å². The van der Waals surface area contributed by atoms with Crippen LogP contribution in [0.15, 0.2) is 11.4 Å². The fraction of sp³-hybridized carbons (Fsp3) is 0.556. The van der Waals surface area contributed by atoms with Crippen LogP contribution in [0.3, 0.4) is 0 Å². The first kappa shape index (κ1) is 17.0. The number of thiophene rings is 1. The van der Waals surface area contributed by atoms with Crippen LogP contribution >= 0.6 is 22.7 Å². The highest BCUT2D eigenvalue weighted by molar-refractivity contribution is 7.17. The van der Waals surface area contributed by atoms with E-state index in [0.29, 0.717) is 17.7 Å². The smallest absolute Gasteiger partial charge is 0.230 e. The Bertz CT molecular complexity index is 886. The largest absolute Gasteiger partial charge is 0.492 e. The van der Waals surface area contributed by atoms with Crippen LogP contribution in [-0.2, 0) is 0 Å². The number of thiazole rings is 1. The molecule has 1 aliphatic heterocycles. The van der Waals surface area contributed by atoms with E-state index in [9.17, 15) is 5.11 Å². The predicted molar refractivity (Wildman–Crippen MR) is 103 cm³/mol. The first-order valence-corrected chi connectivity index (χ1v) is 10.5. The zero-order valence-corrected chi connectivity index (χ0v) is 16.7. The summed E-state index contributed by atoms with van der Waals surface area (Å²) in [5.41, 5.74) is 1.29. The number of rotatable bonds is 3. The summed E-state index contributed by atoms with van der Waals surface area (Å²) in [7, 11) is 0. The summed E-state index contributed by atoms with van der Waals surface area (Å²) in [6.45, 7) is 10.8. The number of piperidine rings is 1. The minimum atomic E-state index is 0.0824. The van der Waals surface area contributed by atoms with Crippen LogP contribution in [-0.4, -0.2) is 37.7 Å². The van der Waals surface area contributed by atoms with Gasteiger partial charge >= 0.3 is 0 Å². The second kappa shape index (κ2) is 6.37. The van der Waals surface area contributed by atoms with Gasteiger partial charge in [-0.3, -0.25) is 4.90 Å². The van der Waals surface area contributed by atoms with Crippen LogP contribution in [0.1, 0.15) is 47.5 Å². The number of aromatic nitrogens is 3. The number of likely N-dealkylation sites (tertiary alicyclic amines) is 1. The van der Waals surface area contributed by atoms with Crippen LogP contribution in [0.4, 0.5) is 0 Å². The molecule has 0 spiro atoms. The van der Waals surface area contributed by atoms with Crippen molar-refractivity contribution < 1.29 is 5.11 Å². The maximum atomic E-state index is 10.9. The molecule has 0 amide bonds. The second-order valence-corrected chi connectivity index (χ2v) is 9.37. The third-order valence-corrected chi connectivity index (χ3v) is 7.11. The molecule has 25 heavy (non-hydrogen) atoms. The molecule has 5 nitrogen and oxygen atoms in total. The third-order valence-electron chi connectivity index (χ3n) is 4.97. The Labute approximate surface area is 155 Å². The van der Waals surface area contributed by atoms with Crippen LogP contribution < -0.4 is 0 Å². The third kappa shape index (κ3) is 2.98. The Morgan fingerprint density at radius 2 is 1.92 bits per heavy atom. The lowest BCUT2D eigenvalue weighted by atomic mass is 9.90. The Morgan fingerprint density at radius 1 is 1.20 bits per heavy atom. The Kier molecular flexibility index (Phi) is 4.33. The maximum absolute atomic E-state index is 10.9. The molecule has 0 unspecified atom stereocenters. The lowest BCUT2D eigenvalue weighted by Crippen LogP contribution is -2.41. The number of nitrogens with zero attached hydrogens (tertiary/aromatic N) is 4. The standard InChI is InChI=1S/C18H24N4OS2/c1-10-7-11(2)9-21(8-10)14(15-12(3)5-6-24-15)16-17(23)22-18(25-16)19-13(4)20-22/h5-6,10-11,14,23H,7-9H2,1-4H3/t10-,11-,14+/m0/s1. The van der Waals surface area contributed by atoms with E-state index < -0.39 is 0 Å². The van der Waals surface area contributed by atoms with Gasteiger partial charge in [-0.05, 0) is 49.1 Å². The summed E-state index contributed by atoms with van der Waals surface area (Å²) >= 11 is 3.34. The SMILES string of the molecule is Cc1nc2sc([C@@H](c3sccc3C)N3C[C@@H](C)C[C@H](C)C3)c(O)n2n1. The molecule has 134 valence electrons. The highest BCUT2D eigenvalue weighted by Gasteiger charge is 2.34. The van der Waals surface area contributed by atoms with Crippen LogP contribution in [0.5, 0.6) is 5.88 Å². The van der Waals surface area contributed by atoms with Gasteiger partial charge in [0.2, 0.25) is 10.8 Å². The van der Waals surface area contributed by atoms with Gasteiger partial charge in [0.15, 0.2) is 0 Å². The van der Waals surface area contributed by atoms with Crippen molar-refractivity contribution in [3.05, 3.63) is 32.6 Å². The summed E-state index contributed by atoms with van der Waals surface area (Å²) < 4.78 is 1.59. The summed E-state index contributed by atoms with van der Waals surface area (Å²) in [5, 5.41) is 17.4. The molecule has 3 aromatic rings. The fourth-order valence-electron chi connectivity index (χ4n) is 4.06. The van der Waals surface area contributed by atoms with Crippen molar-refractivity contribution in [1.82, 2.24) is 19.5 Å². The van der Waals surface area contributed by atoms with Gasteiger partial charge in [0.25, 0.3) is 0 Å². The van der Waals surface area contributed by atoms with Gasteiger partial charge in [0.05, 0.1) is 10.9 Å². The molecule has 1 aliphatic rings. The second-order valence-electron chi connectivity index (χ2n) is 7.41. The first-order chi connectivity index (χ1) is 11.9. The molecule has 1 saturated heterocycles. The van der Waals surface area contributed by atoms with E-state index in [-0.39, 0.29) is 11.9 Å². The molecule has 0 saturated carbocycles. The van der Waals surface area contributed by atoms with E-state index in [2.05, 4.69) is 47.2 Å². The van der Waals surface area contributed by atoms with Crippen molar-refractivity contribution >= 4 is 27.6 Å². The van der Waals surface area contributed by atoms with Crippen molar-refractivity contribution in [2.75, 3.05) is 13.1 Å². The van der Waals surface area contributed by atoms with E-state index in [1.165, 1.54) is 16.9 Å². The molecular formula is C18H24N4OS2. The van der Waals surface area contributed by atoms with E-state index in [4.69, 9.17) is 0 Å². The van der Waals surface area contributed by atoms with Crippen LogP contribution in [0.2, 0.25) is 0 Å². The predicted octanol–water partition coefficient (Wildman–Crippen LogP) is 4.24. The minimum absolute atomic E-state index is 0.0824. The summed E-state index contributed by atoms with van der Waals surface area (Å²) in [4.78, 5) is 10.0. The van der Waals surface area contributed by atoms with Gasteiger partial charge in [0.1, 0.15) is 5.82 Å². The molecular weight excluding hydrogens is 352 g/mol. The lowest BCUT2D eigenvalue weighted by molar-refractivity contribution is 0.113. The van der Waals surface area contributed by atoms with Gasteiger partial charge < -0.3 is 5.11 Å². The number of fused-ring (bicyclic) bond motifs is 1. The topological polar surface area (TPSA) is 53.7 Å². The van der Waals surface area contributed by atoms with E-state index >= 15 is 0 Å². The molecule has 3 aromatic heterocycles. The molecule has 4 heterocycles. The van der Waals surface area contributed by atoms with Gasteiger partial charge in [-0.2, -0.15) is 4.52 Å². The van der Waals surface area contributed by atoms with Gasteiger partial charge in [-0.15, -0.1) is 16.4 Å². The average Bonchev–Trinajstić information content (AvgIpc) is 3.18. The van der Waals surface area contributed by atoms with Crippen molar-refractivity contribution in [2.45, 2.75) is 40.2 Å². The van der Waals surface area contributed by atoms with Gasteiger partial charge in [0, 0.05) is 18.0 Å². The number of hydrogen-bond donors (Lipinski definition) is 1. The van der Waals surface area contributed by atoms with Crippen molar-refractivity contribution in [2.24, 2.45) is 11.8 Å². The van der Waals surface area contributed by atoms with Crippen LogP contribution in [0, 0.1) is 25.7 Å². The monoisotopic (exact) mass is 376 g/mol. The summed E-state index contributed by atoms with van der Waals surface area (Å²) in [5.74, 6) is 2.26. The molecule has 7 heteroatoms. The Morgan fingerprint density at radius 3 is 2.52 bits per heavy atom. The molecule has 1 N–H and O–H groups in total. The lowest BCUT2D eigenvalue weighted by Gasteiger charge is -2.39. The average molecular weight is 377 g/mol. The molecule has 4 rings (SSSR count). The summed E-state index contributed by atoms with van der Waals surface area (Å²) in [6, 6.07) is 2.25. The number of hydrogen-bond acceptors (Lipinski definition) is 6. The van der Waals surface area contributed by atoms with Crippen LogP contribution in [0.25, 0.3) is 4.96 Å². The van der Waals surface area contributed by atoms with Crippen molar-refractivity contribution in [3.63, 3.8) is 0 Å². The molecule has 0 aromatic carbocycles. The quantitative estimate of drug-likeness (QED) is 0.743. The van der Waals surface area contributed by atoms with Gasteiger partial charge in [-0.25, -0.2) is 4.98 Å². The summed E-state index contributed by atoms with van der Waals surface area (Å²) in [6.07, 6.45) is 1.27. The fourth-order valence-corrected chi connectivity index (χ4v) is 6.35. The van der Waals surface area contributed by atoms with E-state index in [1.807, 2.05) is 6.92 Å². The highest BCUT2D eigenvalue weighted by atomic mass is 32.1. The Balaban J connectivity index is 1.83. The van der Waals surface area contributed by atoms with E-state index in [0.717, 1.165) is 22.9 Å². The number of aromatic hydroxyl groups is 1. The minimum Gasteiger partial charge on any atom is -0.492 e. The normalized spacial score (nSPS) is 23.4. The number of aryl methyl sites for hydroxylation is 2. The zero-order valence-electron chi connectivity index (χ0n) is 15.1. The molecule has 0 radical (unpaired) electrons. The molecule has 0 aliphatic carbocycles. The zero-order chi connectivity index (χ0) is 17.7. The van der Waals surface area contributed by atoms with Crippen molar-refractivity contribution in [1.29, 1.82) is 0 Å². The first-order valence-electron chi connectivity index (χ1n) is 8.77. The van der Waals surface area contributed by atoms with Crippen molar-refractivity contribution in [3.8, 4) is 5.88 Å². The highest BCUT2D eigenvalue weighted by Crippen LogP contribution is 2.44.